The fourth-order valence-corrected chi connectivity index (χ4v) is 1.97. The van der Waals surface area contributed by atoms with Crippen LogP contribution < -0.4 is 10.1 Å². The average Bonchev–Trinajstić information content (AvgIpc) is 2.79. The summed E-state index contributed by atoms with van der Waals surface area (Å²) in [6.45, 7) is 3.02. The van der Waals surface area contributed by atoms with Gasteiger partial charge < -0.3 is 10.1 Å². The van der Waals surface area contributed by atoms with Gasteiger partial charge >= 0.3 is 0 Å². The molecule has 0 amide bonds. The minimum absolute atomic E-state index is 0.597. The third kappa shape index (κ3) is 1.86. The maximum absolute atomic E-state index is 6.06. The SMILES string of the molecule is COc1cnn(CC2CCNC2)c1Cl. The van der Waals surface area contributed by atoms with Crippen LogP contribution in [0.15, 0.2) is 6.20 Å². The molecule has 14 heavy (non-hydrogen) atoms. The monoisotopic (exact) mass is 215 g/mol. The van der Waals surface area contributed by atoms with Gasteiger partial charge in [0, 0.05) is 6.54 Å². The average molecular weight is 216 g/mol. The molecule has 4 nitrogen and oxygen atoms in total. The predicted molar refractivity (Wildman–Crippen MR) is 54.8 cm³/mol. The van der Waals surface area contributed by atoms with Crippen LogP contribution in [0.1, 0.15) is 6.42 Å². The van der Waals surface area contributed by atoms with Crippen LogP contribution in [0.2, 0.25) is 5.15 Å². The van der Waals surface area contributed by atoms with E-state index in [9.17, 15) is 0 Å². The van der Waals surface area contributed by atoms with Gasteiger partial charge in [0.05, 0.1) is 13.3 Å². The molecule has 0 bridgehead atoms. The van der Waals surface area contributed by atoms with E-state index in [4.69, 9.17) is 16.3 Å². The van der Waals surface area contributed by atoms with Crippen LogP contribution in [-0.4, -0.2) is 30.0 Å². The van der Waals surface area contributed by atoms with Gasteiger partial charge in [0.15, 0.2) is 10.9 Å². The number of halogens is 1. The molecule has 0 spiro atoms. The van der Waals surface area contributed by atoms with Crippen molar-refractivity contribution >= 4 is 11.6 Å². The number of hydrogen-bond acceptors (Lipinski definition) is 3. The molecule has 0 radical (unpaired) electrons. The first kappa shape index (κ1) is 9.80. The van der Waals surface area contributed by atoms with Crippen molar-refractivity contribution in [2.45, 2.75) is 13.0 Å². The summed E-state index contributed by atoms with van der Waals surface area (Å²) >= 11 is 6.06. The fourth-order valence-electron chi connectivity index (χ4n) is 1.73. The molecule has 1 aliphatic rings. The lowest BCUT2D eigenvalue weighted by atomic mass is 10.1. The number of rotatable bonds is 3. The molecule has 2 rings (SSSR count). The molecular formula is C9H14ClN3O. The van der Waals surface area contributed by atoms with Crippen LogP contribution in [0, 0.1) is 5.92 Å². The largest absolute Gasteiger partial charge is 0.492 e. The van der Waals surface area contributed by atoms with E-state index in [1.165, 1.54) is 6.42 Å². The molecule has 1 aliphatic heterocycles. The number of methoxy groups -OCH3 is 1. The van der Waals surface area contributed by atoms with E-state index < -0.39 is 0 Å². The Morgan fingerprint density at radius 3 is 3.21 bits per heavy atom. The number of nitrogens with zero attached hydrogens (tertiary/aromatic N) is 2. The van der Waals surface area contributed by atoms with Crippen LogP contribution >= 0.6 is 11.6 Å². The topological polar surface area (TPSA) is 39.1 Å². The molecule has 1 N–H and O–H groups in total. The Morgan fingerprint density at radius 2 is 2.64 bits per heavy atom. The summed E-state index contributed by atoms with van der Waals surface area (Å²) in [6.07, 6.45) is 2.85. The van der Waals surface area contributed by atoms with Crippen molar-refractivity contribution in [3.8, 4) is 5.75 Å². The van der Waals surface area contributed by atoms with Crippen molar-refractivity contribution in [1.82, 2.24) is 15.1 Å². The molecule has 5 heteroatoms. The van der Waals surface area contributed by atoms with E-state index in [-0.39, 0.29) is 0 Å². The van der Waals surface area contributed by atoms with E-state index in [1.807, 2.05) is 0 Å². The molecule has 1 saturated heterocycles. The molecular weight excluding hydrogens is 202 g/mol. The summed E-state index contributed by atoms with van der Waals surface area (Å²) in [5.74, 6) is 1.29. The van der Waals surface area contributed by atoms with Crippen molar-refractivity contribution in [3.63, 3.8) is 0 Å². The Balaban J connectivity index is 2.04. The van der Waals surface area contributed by atoms with Gasteiger partial charge in [-0.05, 0) is 25.4 Å². The van der Waals surface area contributed by atoms with Gasteiger partial charge in [-0.3, -0.25) is 4.68 Å². The highest BCUT2D eigenvalue weighted by atomic mass is 35.5. The summed E-state index contributed by atoms with van der Waals surface area (Å²) < 4.78 is 6.86. The minimum atomic E-state index is 0.597. The third-order valence-electron chi connectivity index (χ3n) is 2.56. The highest BCUT2D eigenvalue weighted by molar-refractivity contribution is 6.31. The summed E-state index contributed by atoms with van der Waals surface area (Å²) in [5, 5.41) is 8.10. The van der Waals surface area contributed by atoms with Gasteiger partial charge in [-0.2, -0.15) is 5.10 Å². The molecule has 2 heterocycles. The Kier molecular flexibility index (Phi) is 2.93. The minimum Gasteiger partial charge on any atom is -0.492 e. The quantitative estimate of drug-likeness (QED) is 0.823. The zero-order chi connectivity index (χ0) is 9.97. The molecule has 1 atom stereocenters. The number of aromatic nitrogens is 2. The van der Waals surface area contributed by atoms with Gasteiger partial charge in [0.1, 0.15) is 0 Å². The van der Waals surface area contributed by atoms with Crippen LogP contribution in [0.3, 0.4) is 0 Å². The van der Waals surface area contributed by atoms with Gasteiger partial charge in [-0.1, -0.05) is 11.6 Å². The van der Waals surface area contributed by atoms with Crippen LogP contribution in [0.5, 0.6) is 5.75 Å². The molecule has 1 aromatic heterocycles. The van der Waals surface area contributed by atoms with Crippen molar-refractivity contribution in [3.05, 3.63) is 11.3 Å². The van der Waals surface area contributed by atoms with E-state index >= 15 is 0 Å². The van der Waals surface area contributed by atoms with E-state index in [0.29, 0.717) is 16.8 Å². The zero-order valence-electron chi connectivity index (χ0n) is 8.16. The standard InChI is InChI=1S/C9H14ClN3O/c1-14-8-5-12-13(9(8)10)6-7-2-3-11-4-7/h5,7,11H,2-4,6H2,1H3. The summed E-state index contributed by atoms with van der Waals surface area (Å²) in [4.78, 5) is 0. The predicted octanol–water partition coefficient (Wildman–Crippen LogP) is 1.15. The number of ether oxygens (including phenoxy) is 1. The number of hydrogen-bond donors (Lipinski definition) is 1. The maximum atomic E-state index is 6.06. The van der Waals surface area contributed by atoms with Crippen LogP contribution in [-0.2, 0) is 6.54 Å². The maximum Gasteiger partial charge on any atom is 0.175 e. The molecule has 1 aromatic rings. The van der Waals surface area contributed by atoms with Crippen LogP contribution in [0.4, 0.5) is 0 Å². The summed E-state index contributed by atoms with van der Waals surface area (Å²) in [7, 11) is 1.60. The van der Waals surface area contributed by atoms with Crippen LogP contribution in [0.25, 0.3) is 0 Å². The van der Waals surface area contributed by atoms with Gasteiger partial charge in [0.2, 0.25) is 0 Å². The second-order valence-electron chi connectivity index (χ2n) is 3.54. The summed E-state index contributed by atoms with van der Waals surface area (Å²) in [5.41, 5.74) is 0. The van der Waals surface area contributed by atoms with Gasteiger partial charge in [-0.25, -0.2) is 0 Å². The van der Waals surface area contributed by atoms with Gasteiger partial charge in [0.25, 0.3) is 0 Å². The lowest BCUT2D eigenvalue weighted by Crippen LogP contribution is -2.15. The van der Waals surface area contributed by atoms with Crippen molar-refractivity contribution in [2.24, 2.45) is 5.92 Å². The second kappa shape index (κ2) is 4.19. The zero-order valence-corrected chi connectivity index (χ0v) is 8.92. The smallest absolute Gasteiger partial charge is 0.175 e. The molecule has 78 valence electrons. The molecule has 1 unspecified atom stereocenters. The molecule has 1 fully saturated rings. The van der Waals surface area contributed by atoms with E-state index in [1.54, 1.807) is 18.0 Å². The lowest BCUT2D eigenvalue weighted by Gasteiger charge is -2.08. The van der Waals surface area contributed by atoms with Crippen molar-refractivity contribution in [2.75, 3.05) is 20.2 Å². The van der Waals surface area contributed by atoms with E-state index in [0.717, 1.165) is 19.6 Å². The fraction of sp³-hybridized carbons (Fsp3) is 0.667. The Hall–Kier alpha value is -0.740. The first-order chi connectivity index (χ1) is 6.81. The third-order valence-corrected chi connectivity index (χ3v) is 2.94. The van der Waals surface area contributed by atoms with Crippen molar-refractivity contribution < 1.29 is 4.74 Å². The van der Waals surface area contributed by atoms with E-state index in [2.05, 4.69) is 10.4 Å². The Labute approximate surface area is 88.2 Å². The molecule has 0 aromatic carbocycles. The Bertz CT molecular complexity index is 307. The normalized spacial score (nSPS) is 21.4. The molecule has 0 saturated carbocycles. The first-order valence-corrected chi connectivity index (χ1v) is 5.15. The molecule has 0 aliphatic carbocycles. The lowest BCUT2D eigenvalue weighted by molar-refractivity contribution is 0.410. The number of nitrogens with one attached hydrogen (secondary N) is 1. The summed E-state index contributed by atoms with van der Waals surface area (Å²) in [6, 6.07) is 0. The highest BCUT2D eigenvalue weighted by Gasteiger charge is 2.17. The van der Waals surface area contributed by atoms with Crippen molar-refractivity contribution in [1.29, 1.82) is 0 Å². The second-order valence-corrected chi connectivity index (χ2v) is 3.90. The first-order valence-electron chi connectivity index (χ1n) is 4.77. The Morgan fingerprint density at radius 1 is 1.79 bits per heavy atom. The van der Waals surface area contributed by atoms with Gasteiger partial charge in [-0.15, -0.1) is 0 Å². The highest BCUT2D eigenvalue weighted by Crippen LogP contribution is 2.24.